The van der Waals surface area contributed by atoms with Crippen LogP contribution in [-0.2, 0) is 14.3 Å². The predicted molar refractivity (Wildman–Crippen MR) is 92.2 cm³/mol. The first kappa shape index (κ1) is 18.6. The zero-order chi connectivity index (χ0) is 17.5. The van der Waals surface area contributed by atoms with E-state index in [4.69, 9.17) is 21.1 Å². The number of rotatable bonds is 6. The molecule has 1 heterocycles. The Hall–Kier alpha value is -1.75. The van der Waals surface area contributed by atoms with Gasteiger partial charge in [-0.3, -0.25) is 9.59 Å². The number of halogens is 1. The van der Waals surface area contributed by atoms with Crippen LogP contribution in [0, 0.1) is 12.8 Å². The van der Waals surface area contributed by atoms with Crippen molar-refractivity contribution in [2.75, 3.05) is 26.8 Å². The maximum Gasteiger partial charge on any atom is 0.308 e. The first-order chi connectivity index (χ1) is 11.5. The normalized spacial score (nSPS) is 15.2. The fourth-order valence-electron chi connectivity index (χ4n) is 2.81. The molecule has 0 bridgehead atoms. The minimum Gasteiger partial charge on any atom is -0.494 e. The Morgan fingerprint density at radius 2 is 2.00 bits per heavy atom. The number of piperidine rings is 1. The predicted octanol–water partition coefficient (Wildman–Crippen LogP) is 3.22. The van der Waals surface area contributed by atoms with Crippen LogP contribution in [0.4, 0.5) is 0 Å². The number of nitrogens with zero attached hydrogens (tertiary/aromatic N) is 1. The van der Waals surface area contributed by atoms with E-state index in [1.807, 2.05) is 30.0 Å². The molecule has 0 aliphatic carbocycles. The molecule has 6 heteroatoms. The van der Waals surface area contributed by atoms with Gasteiger partial charge in [0.25, 0.3) is 0 Å². The second-order valence-corrected chi connectivity index (χ2v) is 6.45. The van der Waals surface area contributed by atoms with E-state index >= 15 is 0 Å². The Balaban J connectivity index is 1.66. The van der Waals surface area contributed by atoms with Gasteiger partial charge in [-0.2, -0.15) is 0 Å². The van der Waals surface area contributed by atoms with Gasteiger partial charge in [0.05, 0.1) is 19.6 Å². The van der Waals surface area contributed by atoms with Crippen LogP contribution in [0.25, 0.3) is 0 Å². The van der Waals surface area contributed by atoms with Crippen LogP contribution < -0.4 is 4.74 Å². The summed E-state index contributed by atoms with van der Waals surface area (Å²) in [4.78, 5) is 25.5. The number of likely N-dealkylation sites (tertiary alicyclic amines) is 1. The third-order valence-electron chi connectivity index (χ3n) is 4.32. The number of hydrogen-bond acceptors (Lipinski definition) is 4. The highest BCUT2D eigenvalue weighted by Gasteiger charge is 2.27. The Morgan fingerprint density at radius 1 is 1.29 bits per heavy atom. The highest BCUT2D eigenvalue weighted by molar-refractivity contribution is 6.31. The molecule has 1 fully saturated rings. The highest BCUT2D eigenvalue weighted by Crippen LogP contribution is 2.22. The van der Waals surface area contributed by atoms with E-state index in [0.717, 1.165) is 11.3 Å². The van der Waals surface area contributed by atoms with Crippen LogP contribution >= 0.6 is 11.6 Å². The van der Waals surface area contributed by atoms with Crippen molar-refractivity contribution < 1.29 is 19.1 Å². The molecule has 0 saturated carbocycles. The van der Waals surface area contributed by atoms with Crippen molar-refractivity contribution in [1.82, 2.24) is 4.90 Å². The van der Waals surface area contributed by atoms with Crippen molar-refractivity contribution in [2.45, 2.75) is 32.6 Å². The molecule has 1 aliphatic heterocycles. The minimum absolute atomic E-state index is 0.0736. The van der Waals surface area contributed by atoms with Crippen LogP contribution in [0.2, 0.25) is 5.02 Å². The summed E-state index contributed by atoms with van der Waals surface area (Å²) < 4.78 is 10.4. The van der Waals surface area contributed by atoms with Crippen molar-refractivity contribution in [3.8, 4) is 5.75 Å². The van der Waals surface area contributed by atoms with Crippen LogP contribution in [0.1, 0.15) is 31.2 Å². The first-order valence-electron chi connectivity index (χ1n) is 8.26. The lowest BCUT2D eigenvalue weighted by atomic mass is 9.97. The van der Waals surface area contributed by atoms with Crippen LogP contribution in [-0.4, -0.2) is 43.6 Å². The lowest BCUT2D eigenvalue weighted by molar-refractivity contribution is -0.148. The summed E-state index contributed by atoms with van der Waals surface area (Å²) in [5, 5.41) is 0.716. The number of carbonyl (C=O) groups excluding carboxylic acids is 2. The second kappa shape index (κ2) is 8.92. The monoisotopic (exact) mass is 353 g/mol. The average Bonchev–Trinajstić information content (AvgIpc) is 2.61. The lowest BCUT2D eigenvalue weighted by Gasteiger charge is -2.30. The quantitative estimate of drug-likeness (QED) is 0.582. The number of hydrogen-bond donors (Lipinski definition) is 0. The molecule has 0 unspecified atom stereocenters. The number of carbonyl (C=O) groups is 2. The van der Waals surface area contributed by atoms with Gasteiger partial charge in [-0.1, -0.05) is 11.6 Å². The molecular weight excluding hydrogens is 330 g/mol. The number of ether oxygens (including phenoxy) is 2. The van der Waals surface area contributed by atoms with Crippen LogP contribution in [0.15, 0.2) is 18.2 Å². The summed E-state index contributed by atoms with van der Waals surface area (Å²) in [6, 6.07) is 5.53. The molecule has 1 aromatic rings. The SMILES string of the molecule is COC(=O)C1CCN(C(=O)CCCOc2ccc(Cl)c(C)c2)CC1. The summed E-state index contributed by atoms with van der Waals surface area (Å²) in [7, 11) is 1.40. The molecular formula is C18H24ClNO4. The second-order valence-electron chi connectivity index (χ2n) is 6.04. The third kappa shape index (κ3) is 5.13. The maximum absolute atomic E-state index is 12.2. The number of benzene rings is 1. The minimum atomic E-state index is -0.172. The first-order valence-corrected chi connectivity index (χ1v) is 8.63. The molecule has 1 amide bonds. The van der Waals surface area contributed by atoms with E-state index in [1.165, 1.54) is 7.11 Å². The molecule has 1 aliphatic rings. The Morgan fingerprint density at radius 3 is 2.62 bits per heavy atom. The van der Waals surface area contributed by atoms with Gasteiger partial charge in [-0.25, -0.2) is 0 Å². The van der Waals surface area contributed by atoms with Gasteiger partial charge in [-0.05, 0) is 49.9 Å². The smallest absolute Gasteiger partial charge is 0.308 e. The van der Waals surface area contributed by atoms with Crippen molar-refractivity contribution in [3.05, 3.63) is 28.8 Å². The van der Waals surface area contributed by atoms with Crippen LogP contribution in [0.5, 0.6) is 5.75 Å². The van der Waals surface area contributed by atoms with Gasteiger partial charge in [0.1, 0.15) is 5.75 Å². The van der Waals surface area contributed by atoms with Gasteiger partial charge in [0.15, 0.2) is 0 Å². The van der Waals surface area contributed by atoms with Gasteiger partial charge >= 0.3 is 5.97 Å². The standard InChI is InChI=1S/C18H24ClNO4/c1-13-12-15(5-6-16(13)19)24-11-3-4-17(21)20-9-7-14(8-10-20)18(22)23-2/h5-6,12,14H,3-4,7-11H2,1-2H3. The Kier molecular flexibility index (Phi) is 6.91. The average molecular weight is 354 g/mol. The molecule has 1 aromatic carbocycles. The fourth-order valence-corrected chi connectivity index (χ4v) is 2.93. The molecule has 132 valence electrons. The molecule has 0 spiro atoms. The molecule has 0 aromatic heterocycles. The summed E-state index contributed by atoms with van der Waals surface area (Å²) in [6.45, 7) is 3.66. The molecule has 24 heavy (non-hydrogen) atoms. The van der Waals surface area contributed by atoms with E-state index in [9.17, 15) is 9.59 Å². The molecule has 0 radical (unpaired) electrons. The van der Waals surface area contributed by atoms with Gasteiger partial charge in [0.2, 0.25) is 5.91 Å². The number of amides is 1. The number of esters is 1. The van der Waals surface area contributed by atoms with E-state index < -0.39 is 0 Å². The van der Waals surface area contributed by atoms with Crippen molar-refractivity contribution in [1.29, 1.82) is 0 Å². The summed E-state index contributed by atoms with van der Waals surface area (Å²) in [5.41, 5.74) is 0.971. The molecule has 5 nitrogen and oxygen atoms in total. The van der Waals surface area contributed by atoms with E-state index in [-0.39, 0.29) is 17.8 Å². The number of aryl methyl sites for hydroxylation is 1. The topological polar surface area (TPSA) is 55.8 Å². The zero-order valence-electron chi connectivity index (χ0n) is 14.2. The van der Waals surface area contributed by atoms with Crippen molar-refractivity contribution in [3.63, 3.8) is 0 Å². The van der Waals surface area contributed by atoms with Crippen LogP contribution in [0.3, 0.4) is 0 Å². The third-order valence-corrected chi connectivity index (χ3v) is 4.74. The molecule has 1 saturated heterocycles. The molecule has 0 atom stereocenters. The molecule has 0 N–H and O–H groups in total. The maximum atomic E-state index is 12.2. The summed E-state index contributed by atoms with van der Waals surface area (Å²) in [6.07, 6.45) is 2.48. The van der Waals surface area contributed by atoms with E-state index in [2.05, 4.69) is 0 Å². The zero-order valence-corrected chi connectivity index (χ0v) is 15.0. The summed E-state index contributed by atoms with van der Waals surface area (Å²) in [5.74, 6) is 0.640. The lowest BCUT2D eigenvalue weighted by Crippen LogP contribution is -2.40. The van der Waals surface area contributed by atoms with Crippen molar-refractivity contribution in [2.24, 2.45) is 5.92 Å². The summed E-state index contributed by atoms with van der Waals surface area (Å²) >= 11 is 5.97. The number of methoxy groups -OCH3 is 1. The highest BCUT2D eigenvalue weighted by atomic mass is 35.5. The Labute approximate surface area is 147 Å². The fraction of sp³-hybridized carbons (Fsp3) is 0.556. The largest absolute Gasteiger partial charge is 0.494 e. The van der Waals surface area contributed by atoms with E-state index in [1.54, 1.807) is 0 Å². The van der Waals surface area contributed by atoms with Gasteiger partial charge in [-0.15, -0.1) is 0 Å². The Bertz CT molecular complexity index is 582. The van der Waals surface area contributed by atoms with Gasteiger partial charge < -0.3 is 14.4 Å². The van der Waals surface area contributed by atoms with E-state index in [0.29, 0.717) is 50.4 Å². The van der Waals surface area contributed by atoms with Gasteiger partial charge in [0, 0.05) is 24.5 Å². The van der Waals surface area contributed by atoms with Crippen molar-refractivity contribution >= 4 is 23.5 Å². The molecule has 2 rings (SSSR count).